The van der Waals surface area contributed by atoms with E-state index >= 15 is 0 Å². The van der Waals surface area contributed by atoms with Crippen LogP contribution in [0.15, 0.2) is 65.2 Å². The number of hydrogen-bond acceptors (Lipinski definition) is 2. The number of aliphatic imine (C=N–C) groups is 1. The van der Waals surface area contributed by atoms with Crippen LogP contribution in [0.1, 0.15) is 36.6 Å². The van der Waals surface area contributed by atoms with Gasteiger partial charge in [0, 0.05) is 5.57 Å². The van der Waals surface area contributed by atoms with Gasteiger partial charge in [-0.3, -0.25) is 0 Å². The van der Waals surface area contributed by atoms with Gasteiger partial charge in [0.25, 0.3) is 0 Å². The average Bonchev–Trinajstić information content (AvgIpc) is 2.66. The van der Waals surface area contributed by atoms with Crippen LogP contribution >= 0.6 is 0 Å². The summed E-state index contributed by atoms with van der Waals surface area (Å²) < 4.78 is 5.74. The number of rotatable bonds is 2. The fourth-order valence-electron chi connectivity index (χ4n) is 2.65. The molecule has 21 heavy (non-hydrogen) atoms. The van der Waals surface area contributed by atoms with Gasteiger partial charge in [0.2, 0.25) is 5.90 Å². The second kappa shape index (κ2) is 5.96. The van der Waals surface area contributed by atoms with Crippen molar-refractivity contribution in [3.05, 3.63) is 76.9 Å². The van der Waals surface area contributed by atoms with Crippen LogP contribution in [0.2, 0.25) is 0 Å². The molecule has 0 N–H and O–H groups in total. The summed E-state index contributed by atoms with van der Waals surface area (Å²) in [5, 5.41) is 0. The number of ether oxygens (including phenoxy) is 1. The quantitative estimate of drug-likeness (QED) is 0.784. The molecule has 2 aromatic carbocycles. The second-order valence-corrected chi connectivity index (χ2v) is 5.14. The van der Waals surface area contributed by atoms with Crippen LogP contribution in [-0.4, -0.2) is 12.5 Å². The summed E-state index contributed by atoms with van der Waals surface area (Å²) in [4.78, 5) is 4.88. The lowest BCUT2D eigenvalue weighted by Gasteiger charge is -2.15. The molecule has 3 rings (SSSR count). The van der Waals surface area contributed by atoms with E-state index in [0.717, 1.165) is 11.5 Å². The van der Waals surface area contributed by atoms with E-state index in [0.29, 0.717) is 6.61 Å². The highest BCUT2D eigenvalue weighted by molar-refractivity contribution is 5.98. The lowest BCUT2D eigenvalue weighted by Crippen LogP contribution is -2.08. The second-order valence-electron chi connectivity index (χ2n) is 5.14. The monoisotopic (exact) mass is 277 g/mol. The standard InChI is InChI=1S/C19H19NO/c1-3-21-19-14(2)13-16-11-7-8-12-17(16)18(20-19)15-9-5-4-6-10-15/h4-13,18H,3H2,1-2H3. The Morgan fingerprint density at radius 3 is 2.48 bits per heavy atom. The third-order valence-electron chi connectivity index (χ3n) is 3.64. The molecular formula is C19H19NO. The zero-order valence-electron chi connectivity index (χ0n) is 12.4. The Labute approximate surface area is 125 Å². The van der Waals surface area contributed by atoms with Gasteiger partial charge in [-0.25, -0.2) is 4.99 Å². The number of fused-ring (bicyclic) bond motifs is 1. The molecule has 0 saturated heterocycles. The van der Waals surface area contributed by atoms with Crippen molar-refractivity contribution < 1.29 is 4.74 Å². The number of nitrogens with zero attached hydrogens (tertiary/aromatic N) is 1. The Morgan fingerprint density at radius 2 is 1.71 bits per heavy atom. The smallest absolute Gasteiger partial charge is 0.212 e. The van der Waals surface area contributed by atoms with Crippen molar-refractivity contribution in [1.82, 2.24) is 0 Å². The Morgan fingerprint density at radius 1 is 1.00 bits per heavy atom. The molecule has 0 aromatic heterocycles. The summed E-state index contributed by atoms with van der Waals surface area (Å²) >= 11 is 0. The van der Waals surface area contributed by atoms with Gasteiger partial charge in [-0.2, -0.15) is 0 Å². The summed E-state index contributed by atoms with van der Waals surface area (Å²) in [6, 6.07) is 18.8. The van der Waals surface area contributed by atoms with E-state index in [1.54, 1.807) is 0 Å². The molecule has 106 valence electrons. The Bertz CT molecular complexity index is 686. The molecule has 1 unspecified atom stereocenters. The van der Waals surface area contributed by atoms with E-state index in [1.165, 1.54) is 16.7 Å². The molecule has 1 atom stereocenters. The third-order valence-corrected chi connectivity index (χ3v) is 3.64. The SMILES string of the molecule is CCOC1=NC(c2ccccc2)c2ccccc2C=C1C. The van der Waals surface area contributed by atoms with Gasteiger partial charge in [0.15, 0.2) is 0 Å². The molecule has 2 heteroatoms. The molecule has 0 amide bonds. The minimum Gasteiger partial charge on any atom is -0.478 e. The molecule has 1 aliphatic rings. The van der Waals surface area contributed by atoms with Crippen molar-refractivity contribution in [2.45, 2.75) is 19.9 Å². The molecule has 0 bridgehead atoms. The Balaban J connectivity index is 2.17. The van der Waals surface area contributed by atoms with Crippen molar-refractivity contribution >= 4 is 12.0 Å². The largest absolute Gasteiger partial charge is 0.478 e. The highest BCUT2D eigenvalue weighted by Crippen LogP contribution is 2.33. The highest BCUT2D eigenvalue weighted by Gasteiger charge is 2.21. The number of hydrogen-bond donors (Lipinski definition) is 0. The van der Waals surface area contributed by atoms with E-state index in [1.807, 2.05) is 13.0 Å². The van der Waals surface area contributed by atoms with Gasteiger partial charge in [-0.1, -0.05) is 54.6 Å². The van der Waals surface area contributed by atoms with Crippen LogP contribution in [0.3, 0.4) is 0 Å². The van der Waals surface area contributed by atoms with Crippen molar-refractivity contribution in [2.24, 2.45) is 4.99 Å². The molecule has 0 fully saturated rings. The van der Waals surface area contributed by atoms with Crippen LogP contribution in [-0.2, 0) is 4.74 Å². The summed E-state index contributed by atoms with van der Waals surface area (Å²) in [5.74, 6) is 0.738. The van der Waals surface area contributed by atoms with Crippen LogP contribution in [0.25, 0.3) is 6.08 Å². The van der Waals surface area contributed by atoms with E-state index < -0.39 is 0 Å². The van der Waals surface area contributed by atoms with Crippen LogP contribution in [0.4, 0.5) is 0 Å². The lowest BCUT2D eigenvalue weighted by molar-refractivity contribution is 0.325. The Hall–Kier alpha value is -2.35. The van der Waals surface area contributed by atoms with Gasteiger partial charge in [0.1, 0.15) is 6.04 Å². The fourth-order valence-corrected chi connectivity index (χ4v) is 2.65. The third kappa shape index (κ3) is 2.75. The fraction of sp³-hybridized carbons (Fsp3) is 0.211. The summed E-state index contributed by atoms with van der Waals surface area (Å²) in [6.45, 7) is 4.67. The van der Waals surface area contributed by atoms with Gasteiger partial charge in [-0.05, 0) is 36.6 Å². The van der Waals surface area contributed by atoms with Gasteiger partial charge >= 0.3 is 0 Å². The molecule has 0 saturated carbocycles. The first kappa shape index (κ1) is 13.6. The molecule has 1 aliphatic heterocycles. The lowest BCUT2D eigenvalue weighted by atomic mass is 9.95. The Kier molecular flexibility index (Phi) is 3.87. The van der Waals surface area contributed by atoms with Crippen LogP contribution in [0.5, 0.6) is 0 Å². The zero-order valence-corrected chi connectivity index (χ0v) is 12.4. The highest BCUT2D eigenvalue weighted by atomic mass is 16.5. The first-order valence-corrected chi connectivity index (χ1v) is 7.32. The summed E-state index contributed by atoms with van der Waals surface area (Å²) in [6.07, 6.45) is 2.16. The molecule has 2 nitrogen and oxygen atoms in total. The maximum atomic E-state index is 5.74. The van der Waals surface area contributed by atoms with Crippen molar-refractivity contribution in [3.8, 4) is 0 Å². The zero-order chi connectivity index (χ0) is 14.7. The van der Waals surface area contributed by atoms with Crippen molar-refractivity contribution in [2.75, 3.05) is 6.61 Å². The van der Waals surface area contributed by atoms with Crippen molar-refractivity contribution in [1.29, 1.82) is 0 Å². The van der Waals surface area contributed by atoms with Crippen LogP contribution in [0, 0.1) is 0 Å². The van der Waals surface area contributed by atoms with E-state index in [2.05, 4.69) is 61.5 Å². The van der Waals surface area contributed by atoms with Crippen LogP contribution < -0.4 is 0 Å². The normalized spacial score (nSPS) is 17.3. The molecule has 0 spiro atoms. The first-order chi connectivity index (χ1) is 10.3. The van der Waals surface area contributed by atoms with E-state index in [-0.39, 0.29) is 6.04 Å². The molecule has 2 aromatic rings. The molecular weight excluding hydrogens is 258 g/mol. The number of benzene rings is 2. The summed E-state index contributed by atoms with van der Waals surface area (Å²) in [5.41, 5.74) is 4.69. The summed E-state index contributed by atoms with van der Waals surface area (Å²) in [7, 11) is 0. The molecule has 0 radical (unpaired) electrons. The topological polar surface area (TPSA) is 21.6 Å². The molecule has 0 aliphatic carbocycles. The molecule has 1 heterocycles. The predicted molar refractivity (Wildman–Crippen MR) is 87.4 cm³/mol. The predicted octanol–water partition coefficient (Wildman–Crippen LogP) is 4.63. The minimum absolute atomic E-state index is 0.0161. The van der Waals surface area contributed by atoms with Gasteiger partial charge < -0.3 is 4.74 Å². The van der Waals surface area contributed by atoms with E-state index in [9.17, 15) is 0 Å². The van der Waals surface area contributed by atoms with Crippen molar-refractivity contribution in [3.63, 3.8) is 0 Å². The maximum Gasteiger partial charge on any atom is 0.212 e. The minimum atomic E-state index is -0.0161. The maximum absolute atomic E-state index is 5.74. The van der Waals surface area contributed by atoms with Gasteiger partial charge in [-0.15, -0.1) is 0 Å². The first-order valence-electron chi connectivity index (χ1n) is 7.32. The van der Waals surface area contributed by atoms with E-state index in [4.69, 9.17) is 9.73 Å². The van der Waals surface area contributed by atoms with Gasteiger partial charge in [0.05, 0.1) is 6.61 Å². The average molecular weight is 277 g/mol.